The SMILES string of the molecule is CC/C=C\C/C=C\C/C=C\C/C=C\C/C=C\C/C=C\CCCCCCCCCCCCCCCCCCCCCCC(=O)OC(COC(=O)CCCCCCCCCCCCCC/C=C\C/C=C\C/C=C\C/C=C\CC)COP(=O)(O)OCCN. The molecule has 0 radical (unpaired) electrons. The number of carbonyl (C=O) groups is 2. The summed E-state index contributed by atoms with van der Waals surface area (Å²) in [6.45, 7) is 3.54. The first-order chi connectivity index (χ1) is 41.8. The minimum atomic E-state index is -4.40. The summed E-state index contributed by atoms with van der Waals surface area (Å²) < 4.78 is 33.2. The van der Waals surface area contributed by atoms with Crippen molar-refractivity contribution in [3.05, 3.63) is 122 Å². The van der Waals surface area contributed by atoms with E-state index in [0.717, 1.165) is 103 Å². The fourth-order valence-electron chi connectivity index (χ4n) is 9.75. The van der Waals surface area contributed by atoms with Gasteiger partial charge in [0.1, 0.15) is 6.61 Å². The van der Waals surface area contributed by atoms with Gasteiger partial charge in [-0.25, -0.2) is 4.57 Å². The van der Waals surface area contributed by atoms with E-state index < -0.39 is 26.5 Å². The molecule has 85 heavy (non-hydrogen) atoms. The summed E-state index contributed by atoms with van der Waals surface area (Å²) in [6.07, 6.45) is 97.2. The lowest BCUT2D eigenvalue weighted by molar-refractivity contribution is -0.161. The number of allylic oxidation sites excluding steroid dienone is 20. The molecule has 0 heterocycles. The van der Waals surface area contributed by atoms with Crippen molar-refractivity contribution in [2.24, 2.45) is 5.73 Å². The van der Waals surface area contributed by atoms with E-state index in [4.69, 9.17) is 24.3 Å². The van der Waals surface area contributed by atoms with Gasteiger partial charge < -0.3 is 20.1 Å². The van der Waals surface area contributed by atoms with Gasteiger partial charge in [-0.3, -0.25) is 18.6 Å². The molecule has 0 rings (SSSR count). The molecule has 0 saturated carbocycles. The molecule has 0 aromatic rings. The lowest BCUT2D eigenvalue weighted by Gasteiger charge is -2.19. The van der Waals surface area contributed by atoms with Crippen LogP contribution < -0.4 is 5.73 Å². The van der Waals surface area contributed by atoms with Gasteiger partial charge in [0, 0.05) is 19.4 Å². The van der Waals surface area contributed by atoms with Crippen LogP contribution in [0.4, 0.5) is 0 Å². The van der Waals surface area contributed by atoms with E-state index in [1.54, 1.807) is 0 Å². The molecule has 0 aliphatic carbocycles. The third kappa shape index (κ3) is 69.4. The maximum absolute atomic E-state index is 12.8. The molecule has 0 amide bonds. The largest absolute Gasteiger partial charge is 0.472 e. The van der Waals surface area contributed by atoms with Crippen molar-refractivity contribution in [2.75, 3.05) is 26.4 Å². The van der Waals surface area contributed by atoms with Crippen molar-refractivity contribution in [3.63, 3.8) is 0 Å². The van der Waals surface area contributed by atoms with Crippen molar-refractivity contribution in [2.45, 2.75) is 315 Å². The first-order valence-corrected chi connectivity index (χ1v) is 36.5. The van der Waals surface area contributed by atoms with Crippen LogP contribution >= 0.6 is 7.82 Å². The van der Waals surface area contributed by atoms with E-state index in [1.165, 1.54) is 173 Å². The Hall–Kier alpha value is -3.59. The third-order valence-corrected chi connectivity index (χ3v) is 15.8. The summed E-state index contributed by atoms with van der Waals surface area (Å²) in [7, 11) is -4.40. The number of nitrogens with two attached hydrogens (primary N) is 1. The van der Waals surface area contributed by atoms with E-state index in [-0.39, 0.29) is 38.6 Å². The summed E-state index contributed by atoms with van der Waals surface area (Å²) in [5.41, 5.74) is 5.40. The summed E-state index contributed by atoms with van der Waals surface area (Å²) >= 11 is 0. The van der Waals surface area contributed by atoms with Gasteiger partial charge in [-0.15, -0.1) is 0 Å². The molecule has 0 fully saturated rings. The highest BCUT2D eigenvalue weighted by molar-refractivity contribution is 7.47. The Kier molecular flexibility index (Phi) is 66.6. The van der Waals surface area contributed by atoms with Gasteiger partial charge in [-0.2, -0.15) is 0 Å². The Bertz CT molecular complexity index is 1810. The van der Waals surface area contributed by atoms with Gasteiger partial charge in [0.2, 0.25) is 0 Å². The molecular weight excluding hydrogens is 1070 g/mol. The van der Waals surface area contributed by atoms with E-state index in [1.807, 2.05) is 0 Å². The molecule has 0 aliphatic heterocycles. The summed E-state index contributed by atoms with van der Waals surface area (Å²) in [6, 6.07) is 0. The number of hydrogen-bond donors (Lipinski definition) is 2. The van der Waals surface area contributed by atoms with Gasteiger partial charge >= 0.3 is 19.8 Å². The van der Waals surface area contributed by atoms with E-state index >= 15 is 0 Å². The third-order valence-electron chi connectivity index (χ3n) is 14.8. The maximum atomic E-state index is 12.8. The van der Waals surface area contributed by atoms with Crippen LogP contribution in [0.1, 0.15) is 309 Å². The van der Waals surface area contributed by atoms with Crippen LogP contribution in [0.3, 0.4) is 0 Å². The topological polar surface area (TPSA) is 134 Å². The van der Waals surface area contributed by atoms with Crippen LogP contribution in [0.15, 0.2) is 122 Å². The fraction of sp³-hybridized carbons (Fsp3) is 0.707. The Morgan fingerprint density at radius 2 is 0.612 bits per heavy atom. The minimum absolute atomic E-state index is 0.0503. The van der Waals surface area contributed by atoms with Crippen molar-refractivity contribution >= 4 is 19.8 Å². The number of hydrogen-bond acceptors (Lipinski definition) is 8. The second-order valence-electron chi connectivity index (χ2n) is 23.0. The number of unbranched alkanes of at least 4 members (excludes halogenated alkanes) is 32. The molecule has 0 aliphatic rings. The molecule has 0 aromatic carbocycles. The average Bonchev–Trinajstić information content (AvgIpc) is 3.53. The Morgan fingerprint density at radius 3 is 0.906 bits per heavy atom. The molecule has 488 valence electrons. The first-order valence-electron chi connectivity index (χ1n) is 35.0. The number of ether oxygens (including phenoxy) is 2. The van der Waals surface area contributed by atoms with Crippen LogP contribution in [-0.2, 0) is 32.7 Å². The van der Waals surface area contributed by atoms with Gasteiger partial charge in [0.05, 0.1) is 13.2 Å². The Morgan fingerprint density at radius 1 is 0.353 bits per heavy atom. The molecule has 2 unspecified atom stereocenters. The minimum Gasteiger partial charge on any atom is -0.462 e. The van der Waals surface area contributed by atoms with Crippen LogP contribution in [0, 0.1) is 0 Å². The monoisotopic (exact) mass is 1200 g/mol. The molecular formula is C75H130NO8P. The van der Waals surface area contributed by atoms with Crippen molar-refractivity contribution in [3.8, 4) is 0 Å². The zero-order chi connectivity index (χ0) is 61.6. The number of phosphoric ester groups is 1. The normalized spacial score (nSPS) is 13.7. The Labute approximate surface area is 523 Å². The second kappa shape index (κ2) is 69.5. The molecule has 0 saturated heterocycles. The number of esters is 2. The molecule has 0 spiro atoms. The standard InChI is InChI=1S/C75H130NO8P/c1-3-5-7-9-11-13-15-17-19-21-23-25-27-29-30-31-32-33-34-35-36-37-38-39-40-41-42-44-46-48-50-52-54-56-58-60-62-64-66-68-75(78)84-73(72-83-85(79,80)82-70-69-76)71-81-74(77)67-65-63-61-59-57-55-53-51-49-47-45-43-28-26-24-22-20-18-16-14-12-10-8-6-4-2/h5-8,11-14,17-20,23-26,29-30,32-33,73H,3-4,9-10,15-16,21-22,27-28,31,34-72,76H2,1-2H3,(H,79,80)/b7-5-,8-6-,13-11-,14-12-,19-17-,20-18-,25-23-,26-24-,30-29-,33-32-. The van der Waals surface area contributed by atoms with E-state index in [0.29, 0.717) is 6.42 Å². The molecule has 0 aromatic heterocycles. The molecule has 2 atom stereocenters. The fourth-order valence-corrected chi connectivity index (χ4v) is 10.5. The molecule has 0 bridgehead atoms. The second-order valence-corrected chi connectivity index (χ2v) is 24.4. The molecule has 9 nitrogen and oxygen atoms in total. The van der Waals surface area contributed by atoms with Gasteiger partial charge in [0.25, 0.3) is 0 Å². The highest BCUT2D eigenvalue weighted by atomic mass is 31.2. The lowest BCUT2D eigenvalue weighted by atomic mass is 10.0. The van der Waals surface area contributed by atoms with Crippen molar-refractivity contribution < 1.29 is 37.6 Å². The van der Waals surface area contributed by atoms with Crippen molar-refractivity contribution in [1.29, 1.82) is 0 Å². The van der Waals surface area contributed by atoms with Crippen molar-refractivity contribution in [1.82, 2.24) is 0 Å². The smallest absolute Gasteiger partial charge is 0.462 e. The van der Waals surface area contributed by atoms with Crippen LogP contribution in [0.5, 0.6) is 0 Å². The lowest BCUT2D eigenvalue weighted by Crippen LogP contribution is -2.29. The highest BCUT2D eigenvalue weighted by Gasteiger charge is 2.26. The quantitative estimate of drug-likeness (QED) is 0.0264. The summed E-state index contributed by atoms with van der Waals surface area (Å²) in [4.78, 5) is 35.4. The molecule has 3 N–H and O–H groups in total. The number of phosphoric acid groups is 1. The number of rotatable bonds is 65. The van der Waals surface area contributed by atoms with Crippen LogP contribution in [0.25, 0.3) is 0 Å². The van der Waals surface area contributed by atoms with E-state index in [9.17, 15) is 19.0 Å². The summed E-state index contributed by atoms with van der Waals surface area (Å²) in [5.74, 6) is -0.823. The zero-order valence-electron chi connectivity index (χ0n) is 54.8. The maximum Gasteiger partial charge on any atom is 0.472 e. The number of carbonyl (C=O) groups excluding carboxylic acids is 2. The average molecular weight is 1200 g/mol. The highest BCUT2D eigenvalue weighted by Crippen LogP contribution is 2.43. The predicted molar refractivity (Wildman–Crippen MR) is 367 cm³/mol. The van der Waals surface area contributed by atoms with Crippen LogP contribution in [-0.4, -0.2) is 49.3 Å². The van der Waals surface area contributed by atoms with Gasteiger partial charge in [0.15, 0.2) is 6.10 Å². The summed E-state index contributed by atoms with van der Waals surface area (Å²) in [5, 5.41) is 0. The molecule has 10 heteroatoms. The first kappa shape index (κ1) is 81.4. The van der Waals surface area contributed by atoms with Crippen LogP contribution in [0.2, 0.25) is 0 Å². The van der Waals surface area contributed by atoms with Gasteiger partial charge in [-0.05, 0) is 103 Å². The van der Waals surface area contributed by atoms with Gasteiger partial charge in [-0.1, -0.05) is 315 Å². The predicted octanol–water partition coefficient (Wildman–Crippen LogP) is 23.1. The zero-order valence-corrected chi connectivity index (χ0v) is 55.7. The Balaban J connectivity index is 3.85. The van der Waals surface area contributed by atoms with E-state index in [2.05, 4.69) is 135 Å².